The molecule has 27 heavy (non-hydrogen) atoms. The number of nitrogens with zero attached hydrogens (tertiary/aromatic N) is 3. The van der Waals surface area contributed by atoms with Crippen molar-refractivity contribution in [1.82, 2.24) is 20.4 Å². The van der Waals surface area contributed by atoms with E-state index in [1.54, 1.807) is 7.05 Å². The summed E-state index contributed by atoms with van der Waals surface area (Å²) in [6.45, 7) is 6.01. The van der Waals surface area contributed by atoms with Gasteiger partial charge < -0.3 is 15.4 Å². The van der Waals surface area contributed by atoms with Crippen molar-refractivity contribution >= 4 is 16.7 Å². The van der Waals surface area contributed by atoms with E-state index in [0.29, 0.717) is 19.7 Å². The van der Waals surface area contributed by atoms with Gasteiger partial charge in [0.25, 0.3) is 0 Å². The maximum Gasteiger partial charge on any atom is 0.191 e. The molecule has 1 heterocycles. The van der Waals surface area contributed by atoms with Gasteiger partial charge in [0, 0.05) is 37.3 Å². The predicted octanol–water partition coefficient (Wildman–Crippen LogP) is 2.93. The Morgan fingerprint density at radius 2 is 1.89 bits per heavy atom. The number of aryl methyl sites for hydroxylation is 2. The Bertz CT molecular complexity index is 940. The highest BCUT2D eigenvalue weighted by molar-refractivity contribution is 5.88. The molecule has 6 nitrogen and oxygen atoms in total. The maximum atomic E-state index is 5.96. The fourth-order valence-corrected chi connectivity index (χ4v) is 3.12. The molecule has 6 heteroatoms. The summed E-state index contributed by atoms with van der Waals surface area (Å²) in [5.41, 5.74) is 3.40. The standard InChI is InChI=1S/C21H27N5O/c1-15-19(16(2)26(4)25-15)14-24-21(22-3)23-12-13-27-20-11-7-9-17-8-5-6-10-18(17)20/h5-11H,12-14H2,1-4H3,(H2,22,23,24). The third-order valence-electron chi connectivity index (χ3n) is 4.72. The lowest BCUT2D eigenvalue weighted by Gasteiger charge is -2.13. The number of fused-ring (bicyclic) bond motifs is 1. The molecule has 0 amide bonds. The monoisotopic (exact) mass is 365 g/mol. The number of aliphatic imine (C=N–C) groups is 1. The molecule has 0 bridgehead atoms. The molecule has 0 atom stereocenters. The molecule has 0 unspecified atom stereocenters. The van der Waals surface area contributed by atoms with Crippen molar-refractivity contribution < 1.29 is 4.74 Å². The molecule has 3 rings (SSSR count). The average molecular weight is 365 g/mol. The van der Waals surface area contributed by atoms with Gasteiger partial charge in [-0.15, -0.1) is 0 Å². The number of ether oxygens (including phenoxy) is 1. The minimum Gasteiger partial charge on any atom is -0.491 e. The zero-order chi connectivity index (χ0) is 19.2. The molecule has 2 aromatic carbocycles. The van der Waals surface area contributed by atoms with Crippen LogP contribution in [-0.2, 0) is 13.6 Å². The van der Waals surface area contributed by atoms with Crippen LogP contribution in [0.3, 0.4) is 0 Å². The van der Waals surface area contributed by atoms with Crippen molar-refractivity contribution in [2.75, 3.05) is 20.2 Å². The van der Waals surface area contributed by atoms with Crippen molar-refractivity contribution in [3.05, 3.63) is 59.4 Å². The topological polar surface area (TPSA) is 63.5 Å². The molecule has 0 aliphatic carbocycles. The smallest absolute Gasteiger partial charge is 0.191 e. The lowest BCUT2D eigenvalue weighted by Crippen LogP contribution is -2.39. The van der Waals surface area contributed by atoms with Crippen LogP contribution in [0.5, 0.6) is 5.75 Å². The summed E-state index contributed by atoms with van der Waals surface area (Å²) in [6.07, 6.45) is 0. The maximum absolute atomic E-state index is 5.96. The van der Waals surface area contributed by atoms with Gasteiger partial charge in [0.1, 0.15) is 12.4 Å². The lowest BCUT2D eigenvalue weighted by molar-refractivity contribution is 0.325. The summed E-state index contributed by atoms with van der Waals surface area (Å²) in [5.74, 6) is 1.65. The summed E-state index contributed by atoms with van der Waals surface area (Å²) >= 11 is 0. The van der Waals surface area contributed by atoms with Gasteiger partial charge in [-0.1, -0.05) is 36.4 Å². The second-order valence-electron chi connectivity index (χ2n) is 6.45. The molecule has 1 aromatic heterocycles. The summed E-state index contributed by atoms with van der Waals surface area (Å²) < 4.78 is 7.86. The van der Waals surface area contributed by atoms with E-state index in [1.165, 1.54) is 10.9 Å². The highest BCUT2D eigenvalue weighted by Gasteiger charge is 2.09. The van der Waals surface area contributed by atoms with E-state index < -0.39 is 0 Å². The highest BCUT2D eigenvalue weighted by atomic mass is 16.5. The van der Waals surface area contributed by atoms with E-state index >= 15 is 0 Å². The average Bonchev–Trinajstić information content (AvgIpc) is 2.93. The molecular formula is C21H27N5O. The Labute approximate surface area is 160 Å². The Balaban J connectivity index is 1.50. The van der Waals surface area contributed by atoms with Crippen LogP contribution in [0, 0.1) is 13.8 Å². The number of benzene rings is 2. The first-order chi connectivity index (χ1) is 13.1. The second-order valence-corrected chi connectivity index (χ2v) is 6.45. The first kappa shape index (κ1) is 18.8. The van der Waals surface area contributed by atoms with Crippen LogP contribution >= 0.6 is 0 Å². The van der Waals surface area contributed by atoms with Gasteiger partial charge in [-0.2, -0.15) is 5.10 Å². The normalized spacial score (nSPS) is 11.6. The molecule has 0 fully saturated rings. The Morgan fingerprint density at radius 3 is 2.63 bits per heavy atom. The molecule has 0 aliphatic rings. The summed E-state index contributed by atoms with van der Waals surface area (Å²) in [4.78, 5) is 4.28. The molecule has 3 aromatic rings. The summed E-state index contributed by atoms with van der Waals surface area (Å²) in [7, 11) is 3.73. The van der Waals surface area contributed by atoms with Crippen LogP contribution in [0.15, 0.2) is 47.5 Å². The van der Waals surface area contributed by atoms with E-state index in [9.17, 15) is 0 Å². The molecule has 0 spiro atoms. The fraction of sp³-hybridized carbons (Fsp3) is 0.333. The van der Waals surface area contributed by atoms with Crippen LogP contribution in [0.2, 0.25) is 0 Å². The summed E-state index contributed by atoms with van der Waals surface area (Å²) in [5, 5.41) is 13.4. The van der Waals surface area contributed by atoms with E-state index in [1.807, 2.05) is 42.9 Å². The number of rotatable bonds is 6. The van der Waals surface area contributed by atoms with Crippen LogP contribution < -0.4 is 15.4 Å². The Morgan fingerprint density at radius 1 is 1.11 bits per heavy atom. The SMILES string of the molecule is CN=C(NCCOc1cccc2ccccc12)NCc1c(C)nn(C)c1C. The van der Waals surface area contributed by atoms with Crippen molar-refractivity contribution in [3.63, 3.8) is 0 Å². The predicted molar refractivity (Wildman–Crippen MR) is 110 cm³/mol. The summed E-state index contributed by atoms with van der Waals surface area (Å²) in [6, 6.07) is 14.4. The van der Waals surface area contributed by atoms with Crippen LogP contribution in [0.1, 0.15) is 17.0 Å². The molecule has 0 saturated heterocycles. The fourth-order valence-electron chi connectivity index (χ4n) is 3.12. The number of guanidine groups is 1. The number of aromatic nitrogens is 2. The first-order valence-corrected chi connectivity index (χ1v) is 9.14. The van der Waals surface area contributed by atoms with E-state index in [2.05, 4.69) is 45.8 Å². The number of nitrogens with one attached hydrogen (secondary N) is 2. The zero-order valence-electron chi connectivity index (χ0n) is 16.4. The van der Waals surface area contributed by atoms with Gasteiger partial charge in [0.15, 0.2) is 5.96 Å². The molecule has 0 radical (unpaired) electrons. The Hall–Kier alpha value is -3.02. The number of hydrogen-bond acceptors (Lipinski definition) is 3. The third kappa shape index (κ3) is 4.39. The van der Waals surface area contributed by atoms with Crippen molar-refractivity contribution in [3.8, 4) is 5.75 Å². The van der Waals surface area contributed by atoms with Gasteiger partial charge in [0.2, 0.25) is 0 Å². The largest absolute Gasteiger partial charge is 0.491 e. The van der Waals surface area contributed by atoms with Crippen LogP contribution in [0.25, 0.3) is 10.8 Å². The minimum absolute atomic E-state index is 0.555. The van der Waals surface area contributed by atoms with Crippen molar-refractivity contribution in [2.45, 2.75) is 20.4 Å². The van der Waals surface area contributed by atoms with Gasteiger partial charge >= 0.3 is 0 Å². The van der Waals surface area contributed by atoms with E-state index in [0.717, 1.165) is 28.5 Å². The molecular weight excluding hydrogens is 338 g/mol. The van der Waals surface area contributed by atoms with Gasteiger partial charge in [-0.3, -0.25) is 9.67 Å². The van der Waals surface area contributed by atoms with Crippen LogP contribution in [-0.4, -0.2) is 35.9 Å². The van der Waals surface area contributed by atoms with Crippen molar-refractivity contribution in [1.29, 1.82) is 0 Å². The zero-order valence-corrected chi connectivity index (χ0v) is 16.4. The molecule has 0 aliphatic heterocycles. The van der Waals surface area contributed by atoms with Gasteiger partial charge in [0.05, 0.1) is 12.2 Å². The minimum atomic E-state index is 0.555. The lowest BCUT2D eigenvalue weighted by atomic mass is 10.1. The molecule has 0 saturated carbocycles. The first-order valence-electron chi connectivity index (χ1n) is 9.14. The third-order valence-corrected chi connectivity index (χ3v) is 4.72. The quantitative estimate of drug-likeness (QED) is 0.400. The van der Waals surface area contributed by atoms with E-state index in [4.69, 9.17) is 4.74 Å². The van der Waals surface area contributed by atoms with E-state index in [-0.39, 0.29) is 0 Å². The van der Waals surface area contributed by atoms with Crippen LogP contribution in [0.4, 0.5) is 0 Å². The molecule has 2 N–H and O–H groups in total. The Kier molecular flexibility index (Phi) is 5.96. The van der Waals surface area contributed by atoms with Gasteiger partial charge in [-0.05, 0) is 25.3 Å². The highest BCUT2D eigenvalue weighted by Crippen LogP contribution is 2.24. The molecule has 142 valence electrons. The number of hydrogen-bond donors (Lipinski definition) is 2. The van der Waals surface area contributed by atoms with Crippen molar-refractivity contribution in [2.24, 2.45) is 12.0 Å². The van der Waals surface area contributed by atoms with Gasteiger partial charge in [-0.25, -0.2) is 0 Å². The second kappa shape index (κ2) is 8.58.